The first-order valence-electron chi connectivity index (χ1n) is 9.09. The van der Waals surface area contributed by atoms with Crippen molar-refractivity contribution in [2.45, 2.75) is 20.1 Å². The highest BCUT2D eigenvalue weighted by Crippen LogP contribution is 2.42. The average Bonchev–Trinajstić information content (AvgIpc) is 3.17. The highest BCUT2D eigenvalue weighted by atomic mass is 32.1. The monoisotopic (exact) mass is 404 g/mol. The number of nitrogens with zero attached hydrogens (tertiary/aromatic N) is 2. The molecule has 4 heterocycles. The van der Waals surface area contributed by atoms with E-state index in [-0.39, 0.29) is 12.2 Å². The molecular formula is C22H16N2O4S. The maximum Gasteiger partial charge on any atom is 0.348 e. The number of pyridine rings is 1. The lowest BCUT2D eigenvalue weighted by atomic mass is 10.1. The predicted molar refractivity (Wildman–Crippen MR) is 109 cm³/mol. The van der Waals surface area contributed by atoms with Crippen molar-refractivity contribution in [3.8, 4) is 16.2 Å². The van der Waals surface area contributed by atoms with Gasteiger partial charge in [0.2, 0.25) is 0 Å². The van der Waals surface area contributed by atoms with Gasteiger partial charge in [0, 0.05) is 28.3 Å². The molecule has 144 valence electrons. The Morgan fingerprint density at radius 2 is 2.10 bits per heavy atom. The van der Waals surface area contributed by atoms with Crippen LogP contribution in [0.1, 0.15) is 26.5 Å². The van der Waals surface area contributed by atoms with E-state index in [0.29, 0.717) is 22.8 Å². The Kier molecular flexibility index (Phi) is 4.17. The zero-order valence-corrected chi connectivity index (χ0v) is 16.4. The lowest BCUT2D eigenvalue weighted by molar-refractivity contribution is 0.0473. The molecular weight excluding hydrogens is 388 g/mol. The molecule has 0 N–H and O–H groups in total. The van der Waals surface area contributed by atoms with Crippen LogP contribution in [0.25, 0.3) is 16.1 Å². The van der Waals surface area contributed by atoms with Crippen LogP contribution in [0.4, 0.5) is 0 Å². The number of rotatable bonds is 3. The number of aryl methyl sites for hydroxylation is 1. The Morgan fingerprint density at radius 1 is 1.24 bits per heavy atom. The van der Waals surface area contributed by atoms with E-state index in [1.54, 1.807) is 12.3 Å². The number of hydrogen-bond donors (Lipinski definition) is 0. The van der Waals surface area contributed by atoms with E-state index in [4.69, 9.17) is 9.47 Å². The van der Waals surface area contributed by atoms with Gasteiger partial charge in [-0.1, -0.05) is 18.2 Å². The molecule has 0 amide bonds. The van der Waals surface area contributed by atoms with E-state index in [2.05, 4.69) is 4.98 Å². The van der Waals surface area contributed by atoms with E-state index in [0.717, 1.165) is 27.3 Å². The molecule has 1 aliphatic heterocycles. The molecule has 0 unspecified atom stereocenters. The second kappa shape index (κ2) is 6.86. The van der Waals surface area contributed by atoms with Gasteiger partial charge in [-0.05, 0) is 36.8 Å². The van der Waals surface area contributed by atoms with Crippen molar-refractivity contribution in [1.29, 1.82) is 0 Å². The van der Waals surface area contributed by atoms with Gasteiger partial charge in [-0.15, -0.1) is 11.3 Å². The van der Waals surface area contributed by atoms with Gasteiger partial charge in [-0.2, -0.15) is 0 Å². The number of fused-ring (bicyclic) bond motifs is 4. The summed E-state index contributed by atoms with van der Waals surface area (Å²) in [6.45, 7) is 2.28. The standard InChI is InChI=1S/C22H16N2O4S/c1-13-6-7-19-23-15(9-20(25)24(19)10-13)12-28-22(26)18-8-14-11-27-17-5-3-2-4-16(17)21(14)29-18/h2-10H,11-12H2,1H3. The minimum absolute atomic E-state index is 0.0614. The van der Waals surface area contributed by atoms with Crippen LogP contribution in [-0.2, 0) is 18.0 Å². The summed E-state index contributed by atoms with van der Waals surface area (Å²) in [6.07, 6.45) is 1.73. The molecule has 0 radical (unpaired) electrons. The van der Waals surface area contributed by atoms with Crippen LogP contribution in [0.5, 0.6) is 5.75 Å². The molecule has 6 nitrogen and oxygen atoms in total. The summed E-state index contributed by atoms with van der Waals surface area (Å²) >= 11 is 1.39. The number of ether oxygens (including phenoxy) is 2. The van der Waals surface area contributed by atoms with Crippen molar-refractivity contribution in [3.63, 3.8) is 0 Å². The van der Waals surface area contributed by atoms with Crippen LogP contribution in [0.2, 0.25) is 0 Å². The number of para-hydroxylation sites is 1. The fourth-order valence-corrected chi connectivity index (χ4v) is 4.43. The molecule has 4 aromatic rings. The number of hydrogen-bond acceptors (Lipinski definition) is 6. The second-order valence-electron chi connectivity index (χ2n) is 6.85. The number of carbonyl (C=O) groups is 1. The first-order chi connectivity index (χ1) is 14.1. The minimum Gasteiger partial charge on any atom is -0.488 e. The van der Waals surface area contributed by atoms with Crippen LogP contribution in [0.15, 0.2) is 59.5 Å². The first kappa shape index (κ1) is 17.6. The predicted octanol–water partition coefficient (Wildman–Crippen LogP) is 3.98. The van der Waals surface area contributed by atoms with Gasteiger partial charge in [0.15, 0.2) is 0 Å². The Labute approximate surface area is 170 Å². The topological polar surface area (TPSA) is 69.9 Å². The number of carbonyl (C=O) groups excluding carboxylic acids is 1. The maximum absolute atomic E-state index is 12.6. The van der Waals surface area contributed by atoms with E-state index < -0.39 is 5.97 Å². The third-order valence-corrected chi connectivity index (χ3v) is 5.93. The summed E-state index contributed by atoms with van der Waals surface area (Å²) < 4.78 is 12.6. The van der Waals surface area contributed by atoms with Crippen molar-refractivity contribution in [3.05, 3.63) is 86.8 Å². The summed E-state index contributed by atoms with van der Waals surface area (Å²) in [5.74, 6) is 0.380. The van der Waals surface area contributed by atoms with Gasteiger partial charge in [0.25, 0.3) is 5.56 Å². The Morgan fingerprint density at radius 3 is 3.00 bits per heavy atom. The van der Waals surface area contributed by atoms with Crippen LogP contribution < -0.4 is 10.3 Å². The molecule has 7 heteroatoms. The minimum atomic E-state index is -0.437. The largest absolute Gasteiger partial charge is 0.488 e. The molecule has 1 aliphatic rings. The molecule has 3 aromatic heterocycles. The number of thiophene rings is 1. The van der Waals surface area contributed by atoms with Crippen molar-refractivity contribution < 1.29 is 14.3 Å². The molecule has 29 heavy (non-hydrogen) atoms. The molecule has 1 aromatic carbocycles. The van der Waals surface area contributed by atoms with Crippen molar-refractivity contribution in [2.75, 3.05) is 0 Å². The van der Waals surface area contributed by atoms with Gasteiger partial charge in [-0.3, -0.25) is 9.20 Å². The Bertz CT molecular complexity index is 1320. The SMILES string of the molecule is Cc1ccc2nc(COC(=O)c3cc4c(s3)-c3ccccc3OC4)cc(=O)n2c1. The quantitative estimate of drug-likeness (QED) is 0.483. The first-order valence-corrected chi connectivity index (χ1v) is 9.91. The van der Waals surface area contributed by atoms with Crippen molar-refractivity contribution in [1.82, 2.24) is 9.38 Å². The molecule has 0 fully saturated rings. The third kappa shape index (κ3) is 3.19. The van der Waals surface area contributed by atoms with Gasteiger partial charge >= 0.3 is 5.97 Å². The lowest BCUT2D eigenvalue weighted by Gasteiger charge is -2.16. The molecule has 0 spiro atoms. The van der Waals surface area contributed by atoms with Crippen LogP contribution >= 0.6 is 11.3 Å². The summed E-state index contributed by atoms with van der Waals surface area (Å²) in [5, 5.41) is 0. The second-order valence-corrected chi connectivity index (χ2v) is 7.90. The average molecular weight is 404 g/mol. The zero-order chi connectivity index (χ0) is 20.0. The number of benzene rings is 1. The Hall–Kier alpha value is -3.45. The van der Waals surface area contributed by atoms with E-state index in [1.807, 2.05) is 43.3 Å². The molecule has 0 atom stereocenters. The summed E-state index contributed by atoms with van der Waals surface area (Å²) in [5.41, 5.74) is 3.66. The van der Waals surface area contributed by atoms with Gasteiger partial charge < -0.3 is 9.47 Å². The van der Waals surface area contributed by atoms with E-state index in [1.165, 1.54) is 21.8 Å². The van der Waals surface area contributed by atoms with Gasteiger partial charge in [0.1, 0.15) is 29.5 Å². The van der Waals surface area contributed by atoms with Crippen LogP contribution in [-0.4, -0.2) is 15.4 Å². The summed E-state index contributed by atoms with van der Waals surface area (Å²) in [6, 6.07) is 14.6. The molecule has 0 bridgehead atoms. The zero-order valence-electron chi connectivity index (χ0n) is 15.5. The fourth-order valence-electron chi connectivity index (χ4n) is 3.34. The summed E-state index contributed by atoms with van der Waals surface area (Å²) in [4.78, 5) is 30.8. The summed E-state index contributed by atoms with van der Waals surface area (Å²) in [7, 11) is 0. The Balaban J connectivity index is 1.37. The van der Waals surface area contributed by atoms with E-state index >= 15 is 0 Å². The highest BCUT2D eigenvalue weighted by molar-refractivity contribution is 7.17. The van der Waals surface area contributed by atoms with Gasteiger partial charge in [-0.25, -0.2) is 9.78 Å². The van der Waals surface area contributed by atoms with Crippen molar-refractivity contribution >= 4 is 23.0 Å². The number of aromatic nitrogens is 2. The van der Waals surface area contributed by atoms with Crippen LogP contribution in [0, 0.1) is 6.92 Å². The van der Waals surface area contributed by atoms with E-state index in [9.17, 15) is 9.59 Å². The number of esters is 1. The maximum atomic E-state index is 12.6. The van der Waals surface area contributed by atoms with Gasteiger partial charge in [0.05, 0.1) is 5.69 Å². The highest BCUT2D eigenvalue weighted by Gasteiger charge is 2.23. The van der Waals surface area contributed by atoms with Crippen molar-refractivity contribution in [2.24, 2.45) is 0 Å². The molecule has 5 rings (SSSR count). The molecule has 0 saturated heterocycles. The molecule has 0 aliphatic carbocycles. The lowest BCUT2D eigenvalue weighted by Crippen LogP contribution is -2.16. The fraction of sp³-hybridized carbons (Fsp3) is 0.136. The third-order valence-electron chi connectivity index (χ3n) is 4.74. The smallest absolute Gasteiger partial charge is 0.348 e. The molecule has 0 saturated carbocycles. The normalized spacial score (nSPS) is 12.2. The van der Waals surface area contributed by atoms with Crippen LogP contribution in [0.3, 0.4) is 0 Å².